The molecule has 95 valence electrons. The predicted octanol–water partition coefficient (Wildman–Crippen LogP) is 5.51. The van der Waals surface area contributed by atoms with Gasteiger partial charge >= 0.3 is 0 Å². The molecule has 0 N–H and O–H groups in total. The highest BCUT2D eigenvalue weighted by Gasteiger charge is 2.00. The lowest BCUT2D eigenvalue weighted by Crippen LogP contribution is -1.86. The van der Waals surface area contributed by atoms with Crippen LogP contribution in [0.25, 0.3) is 0 Å². The van der Waals surface area contributed by atoms with Gasteiger partial charge in [-0.2, -0.15) is 0 Å². The van der Waals surface area contributed by atoms with Crippen molar-refractivity contribution >= 4 is 0 Å². The fraction of sp³-hybridized carbons (Fsp3) is 0.625. The smallest absolute Gasteiger partial charge is 0.181 e. The Morgan fingerprint density at radius 2 is 1.41 bits per heavy atom. The van der Waals surface area contributed by atoms with E-state index in [1.54, 1.807) is 6.07 Å². The second kappa shape index (κ2) is 9.09. The number of benzene rings is 1. The third-order valence-electron chi connectivity index (χ3n) is 3.27. The van der Waals surface area contributed by atoms with Crippen LogP contribution in [0.3, 0.4) is 0 Å². The van der Waals surface area contributed by atoms with E-state index < -0.39 is 0 Å². The summed E-state index contributed by atoms with van der Waals surface area (Å²) in [5.74, 6) is 0.204. The van der Waals surface area contributed by atoms with Crippen LogP contribution in [0.2, 0.25) is 0 Å². The first kappa shape index (κ1) is 14.1. The maximum Gasteiger partial charge on any atom is 0.181 e. The van der Waals surface area contributed by atoms with Gasteiger partial charge in [0.2, 0.25) is 0 Å². The van der Waals surface area contributed by atoms with E-state index in [1.807, 2.05) is 18.2 Å². The zero-order chi connectivity index (χ0) is 12.3. The Morgan fingerprint density at radius 3 is 2.06 bits per heavy atom. The molecule has 1 nitrogen and oxygen atoms in total. The fourth-order valence-corrected chi connectivity index (χ4v) is 2.16. The van der Waals surface area contributed by atoms with E-state index >= 15 is 0 Å². The van der Waals surface area contributed by atoms with Gasteiger partial charge < -0.3 is 0 Å². The lowest BCUT2D eigenvalue weighted by molar-refractivity contribution is 0.349. The molecule has 0 saturated carbocycles. The Balaban J connectivity index is 1.99. The van der Waals surface area contributed by atoms with Gasteiger partial charge in [-0.15, -0.1) is 0 Å². The molecule has 1 aromatic rings. The highest BCUT2D eigenvalue weighted by Crippen LogP contribution is 2.19. The largest absolute Gasteiger partial charge is 0.290 e. The van der Waals surface area contributed by atoms with E-state index in [0.29, 0.717) is 0 Å². The third kappa shape index (κ3) is 6.35. The molecule has 1 heteroatoms. The first-order valence-electron chi connectivity index (χ1n) is 7.09. The molecule has 0 unspecified atom stereocenters. The minimum Gasteiger partial charge on any atom is -0.290 e. The molecular formula is C16H25O. The first-order chi connectivity index (χ1) is 8.34. The maximum atomic E-state index is 11.5. The maximum absolute atomic E-state index is 11.5. The van der Waals surface area contributed by atoms with Crippen LogP contribution in [-0.2, 0) is 11.5 Å². The van der Waals surface area contributed by atoms with Crippen molar-refractivity contribution in [3.63, 3.8) is 0 Å². The molecule has 17 heavy (non-hydrogen) atoms. The van der Waals surface area contributed by atoms with Gasteiger partial charge in [-0.3, -0.25) is 5.11 Å². The molecule has 0 aliphatic rings. The van der Waals surface area contributed by atoms with Crippen molar-refractivity contribution in [2.75, 3.05) is 0 Å². The molecule has 1 rings (SSSR count). The standard InChI is InChI=1S/C16H25O/c1-2-3-4-5-6-7-8-9-12-15-13-10-11-14-16(15)17/h10-11,13-14H,2-9,12H2,1H3. The Bertz CT molecular complexity index is 293. The van der Waals surface area contributed by atoms with Crippen LogP contribution < -0.4 is 0 Å². The Morgan fingerprint density at radius 1 is 0.824 bits per heavy atom. The van der Waals surface area contributed by atoms with E-state index in [0.717, 1.165) is 18.4 Å². The van der Waals surface area contributed by atoms with E-state index in [-0.39, 0.29) is 5.75 Å². The van der Waals surface area contributed by atoms with Crippen molar-refractivity contribution in [3.05, 3.63) is 29.8 Å². The summed E-state index contributed by atoms with van der Waals surface area (Å²) in [4.78, 5) is 0. The van der Waals surface area contributed by atoms with Gasteiger partial charge in [-0.25, -0.2) is 0 Å². The predicted molar refractivity (Wildman–Crippen MR) is 72.9 cm³/mol. The molecule has 0 aliphatic heterocycles. The molecule has 0 bridgehead atoms. The van der Waals surface area contributed by atoms with Crippen LogP contribution in [0.4, 0.5) is 0 Å². The number of para-hydroxylation sites is 1. The number of hydrogen-bond acceptors (Lipinski definition) is 0. The van der Waals surface area contributed by atoms with Crippen LogP contribution in [-0.4, -0.2) is 0 Å². The molecule has 1 aromatic carbocycles. The molecule has 0 spiro atoms. The van der Waals surface area contributed by atoms with Gasteiger partial charge in [-0.1, -0.05) is 70.1 Å². The van der Waals surface area contributed by atoms with E-state index in [4.69, 9.17) is 0 Å². The topological polar surface area (TPSA) is 19.9 Å². The second-order valence-corrected chi connectivity index (χ2v) is 4.83. The molecule has 0 heterocycles. The fourth-order valence-electron chi connectivity index (χ4n) is 2.16. The zero-order valence-electron chi connectivity index (χ0n) is 11.1. The van der Waals surface area contributed by atoms with Crippen molar-refractivity contribution in [1.29, 1.82) is 0 Å². The number of hydrogen-bond donors (Lipinski definition) is 0. The van der Waals surface area contributed by atoms with Gasteiger partial charge in [-0.05, 0) is 24.5 Å². The van der Waals surface area contributed by atoms with Gasteiger partial charge in [0.05, 0.1) is 0 Å². The SMILES string of the molecule is CCCCCCCCCCc1ccccc1[O]. The van der Waals surface area contributed by atoms with Gasteiger partial charge in [0, 0.05) is 0 Å². The van der Waals surface area contributed by atoms with Gasteiger partial charge in [0.25, 0.3) is 0 Å². The molecule has 0 aliphatic carbocycles. The van der Waals surface area contributed by atoms with Crippen LogP contribution in [0, 0.1) is 0 Å². The second-order valence-electron chi connectivity index (χ2n) is 4.83. The Labute approximate surface area is 106 Å². The van der Waals surface area contributed by atoms with Gasteiger partial charge in [0.15, 0.2) is 5.75 Å². The lowest BCUT2D eigenvalue weighted by atomic mass is 10.0. The molecular weight excluding hydrogens is 208 g/mol. The quantitative estimate of drug-likeness (QED) is 0.501. The van der Waals surface area contributed by atoms with Crippen molar-refractivity contribution in [2.45, 2.75) is 64.7 Å². The van der Waals surface area contributed by atoms with Crippen molar-refractivity contribution in [3.8, 4) is 5.75 Å². The highest BCUT2D eigenvalue weighted by molar-refractivity contribution is 5.31. The van der Waals surface area contributed by atoms with E-state index in [9.17, 15) is 5.11 Å². The molecule has 0 aromatic heterocycles. The third-order valence-corrected chi connectivity index (χ3v) is 3.27. The number of unbranched alkanes of at least 4 members (excludes halogenated alkanes) is 7. The average molecular weight is 233 g/mol. The first-order valence-corrected chi connectivity index (χ1v) is 7.09. The monoisotopic (exact) mass is 233 g/mol. The summed E-state index contributed by atoms with van der Waals surface area (Å²) in [6.45, 7) is 2.25. The number of rotatable bonds is 9. The Hall–Kier alpha value is -0.980. The molecule has 0 amide bonds. The van der Waals surface area contributed by atoms with E-state index in [2.05, 4.69) is 6.92 Å². The van der Waals surface area contributed by atoms with Crippen LogP contribution >= 0.6 is 0 Å². The van der Waals surface area contributed by atoms with Crippen LogP contribution in [0.1, 0.15) is 63.9 Å². The molecule has 0 fully saturated rings. The summed E-state index contributed by atoms with van der Waals surface area (Å²) in [5.41, 5.74) is 0.985. The minimum absolute atomic E-state index is 0.204. The summed E-state index contributed by atoms with van der Waals surface area (Å²) in [6, 6.07) is 7.41. The van der Waals surface area contributed by atoms with Gasteiger partial charge in [0.1, 0.15) is 0 Å². The normalized spacial score (nSPS) is 10.6. The van der Waals surface area contributed by atoms with Crippen molar-refractivity contribution < 1.29 is 5.11 Å². The van der Waals surface area contributed by atoms with E-state index in [1.165, 1.54) is 44.9 Å². The zero-order valence-corrected chi connectivity index (χ0v) is 11.1. The summed E-state index contributed by atoms with van der Waals surface area (Å²) in [5, 5.41) is 11.5. The summed E-state index contributed by atoms with van der Waals surface area (Å²) in [7, 11) is 0. The number of aryl methyl sites for hydroxylation is 1. The molecule has 0 atom stereocenters. The van der Waals surface area contributed by atoms with Crippen LogP contribution in [0.5, 0.6) is 5.75 Å². The molecule has 0 saturated heterocycles. The lowest BCUT2D eigenvalue weighted by Gasteiger charge is -2.03. The molecule has 1 radical (unpaired) electrons. The van der Waals surface area contributed by atoms with Crippen molar-refractivity contribution in [1.82, 2.24) is 0 Å². The summed E-state index contributed by atoms with van der Waals surface area (Å²) in [6.07, 6.45) is 11.5. The summed E-state index contributed by atoms with van der Waals surface area (Å²) >= 11 is 0. The Kier molecular flexibility index (Phi) is 7.53. The highest BCUT2D eigenvalue weighted by atomic mass is 16.3. The van der Waals surface area contributed by atoms with Crippen LogP contribution in [0.15, 0.2) is 24.3 Å². The average Bonchev–Trinajstić information content (AvgIpc) is 2.35. The summed E-state index contributed by atoms with van der Waals surface area (Å²) < 4.78 is 0. The minimum atomic E-state index is 0.204. The van der Waals surface area contributed by atoms with Crippen molar-refractivity contribution in [2.24, 2.45) is 0 Å².